The van der Waals surface area contributed by atoms with Crippen molar-refractivity contribution in [2.45, 2.75) is 25.6 Å². The Labute approximate surface area is 109 Å². The first-order valence-electron chi connectivity index (χ1n) is 5.43. The summed E-state index contributed by atoms with van der Waals surface area (Å²) >= 11 is 3.01. The monoisotopic (exact) mass is 325 g/mol. The molecule has 1 fully saturated rings. The number of anilines is 1. The van der Waals surface area contributed by atoms with Gasteiger partial charge in [-0.3, -0.25) is 4.79 Å². The van der Waals surface area contributed by atoms with Gasteiger partial charge in [-0.05, 0) is 34.7 Å². The summed E-state index contributed by atoms with van der Waals surface area (Å²) in [4.78, 5) is 11.6. The lowest BCUT2D eigenvalue weighted by atomic mass is 10.4. The van der Waals surface area contributed by atoms with Crippen molar-refractivity contribution in [3.8, 4) is 0 Å². The first-order valence-corrected chi connectivity index (χ1v) is 6.22. The van der Waals surface area contributed by atoms with Crippen LogP contribution >= 0.6 is 15.9 Å². The van der Waals surface area contributed by atoms with Crippen molar-refractivity contribution in [3.63, 3.8) is 0 Å². The van der Waals surface area contributed by atoms with Gasteiger partial charge in [0.15, 0.2) is 0 Å². The highest BCUT2D eigenvalue weighted by molar-refractivity contribution is 9.10. The zero-order valence-electron chi connectivity index (χ0n) is 9.30. The van der Waals surface area contributed by atoms with Crippen molar-refractivity contribution in [2.75, 3.05) is 11.9 Å². The number of nitrogens with zero attached hydrogens (tertiary/aromatic N) is 2. The zero-order chi connectivity index (χ0) is 13.3. The van der Waals surface area contributed by atoms with Gasteiger partial charge in [0.25, 0.3) is 5.56 Å². The van der Waals surface area contributed by atoms with Crippen LogP contribution in [-0.2, 0) is 6.54 Å². The number of alkyl halides is 3. The van der Waals surface area contributed by atoms with Gasteiger partial charge < -0.3 is 5.32 Å². The normalized spacial score (nSPS) is 15.8. The predicted octanol–water partition coefficient (Wildman–Crippen LogP) is 2.39. The highest BCUT2D eigenvalue weighted by Crippen LogP contribution is 2.29. The molecule has 0 radical (unpaired) electrons. The summed E-state index contributed by atoms with van der Waals surface area (Å²) in [6.07, 6.45) is -0.939. The van der Waals surface area contributed by atoms with Crippen molar-refractivity contribution in [2.24, 2.45) is 5.92 Å². The summed E-state index contributed by atoms with van der Waals surface area (Å²) in [5.74, 6) is 0.592. The van der Waals surface area contributed by atoms with E-state index in [1.165, 1.54) is 6.20 Å². The number of halogens is 4. The molecule has 0 saturated heterocycles. The van der Waals surface area contributed by atoms with E-state index in [1.807, 2.05) is 0 Å². The second-order valence-electron chi connectivity index (χ2n) is 4.27. The molecule has 1 saturated carbocycles. The fourth-order valence-electron chi connectivity index (χ4n) is 1.45. The maximum atomic E-state index is 12.2. The van der Waals surface area contributed by atoms with Crippen LogP contribution in [0.3, 0.4) is 0 Å². The molecular formula is C10H11BrF3N3O. The van der Waals surface area contributed by atoms with Crippen molar-refractivity contribution < 1.29 is 13.2 Å². The van der Waals surface area contributed by atoms with Crippen molar-refractivity contribution >= 4 is 21.6 Å². The summed E-state index contributed by atoms with van der Waals surface area (Å²) < 4.78 is 37.0. The molecule has 4 nitrogen and oxygen atoms in total. The molecule has 1 aromatic rings. The maximum Gasteiger partial charge on any atom is 0.408 e. The van der Waals surface area contributed by atoms with Gasteiger partial charge in [0, 0.05) is 6.54 Å². The Hall–Kier alpha value is -1.05. The van der Waals surface area contributed by atoms with E-state index >= 15 is 0 Å². The molecule has 0 spiro atoms. The van der Waals surface area contributed by atoms with E-state index in [-0.39, 0.29) is 4.47 Å². The number of rotatable bonds is 4. The Morgan fingerprint density at radius 2 is 2.17 bits per heavy atom. The smallest absolute Gasteiger partial charge is 0.382 e. The first kappa shape index (κ1) is 13.4. The minimum atomic E-state index is -4.46. The van der Waals surface area contributed by atoms with E-state index in [9.17, 15) is 18.0 Å². The number of hydrogen-bond donors (Lipinski definition) is 1. The fourth-order valence-corrected chi connectivity index (χ4v) is 1.89. The molecule has 1 N–H and O–H groups in total. The minimum absolute atomic E-state index is 0.0856. The van der Waals surface area contributed by atoms with Crippen molar-refractivity contribution in [1.82, 2.24) is 9.78 Å². The summed E-state index contributed by atoms with van der Waals surface area (Å²) in [5, 5.41) is 6.52. The summed E-state index contributed by atoms with van der Waals surface area (Å²) in [5.41, 5.74) is -0.349. The summed E-state index contributed by atoms with van der Waals surface area (Å²) in [7, 11) is 0. The van der Waals surface area contributed by atoms with E-state index < -0.39 is 18.3 Å². The van der Waals surface area contributed by atoms with Gasteiger partial charge in [0.2, 0.25) is 0 Å². The van der Waals surface area contributed by atoms with Crippen LogP contribution < -0.4 is 10.9 Å². The Morgan fingerprint density at radius 3 is 2.72 bits per heavy atom. The highest BCUT2D eigenvalue weighted by atomic mass is 79.9. The molecule has 0 aliphatic heterocycles. The Morgan fingerprint density at radius 1 is 1.50 bits per heavy atom. The third-order valence-corrected chi connectivity index (χ3v) is 3.36. The molecule has 1 aromatic heterocycles. The number of aromatic nitrogens is 2. The molecule has 0 amide bonds. The summed E-state index contributed by atoms with van der Waals surface area (Å²) in [6.45, 7) is -0.670. The molecule has 2 rings (SSSR count). The van der Waals surface area contributed by atoms with Crippen LogP contribution in [0.2, 0.25) is 0 Å². The average Bonchev–Trinajstić information content (AvgIpc) is 3.06. The van der Waals surface area contributed by atoms with Crippen LogP contribution in [0.4, 0.5) is 18.9 Å². The number of hydrogen-bond acceptors (Lipinski definition) is 3. The first-order chi connectivity index (χ1) is 8.37. The van der Waals surface area contributed by atoms with Gasteiger partial charge in [0.1, 0.15) is 11.0 Å². The molecule has 1 aliphatic rings. The predicted molar refractivity (Wildman–Crippen MR) is 63.5 cm³/mol. The van der Waals surface area contributed by atoms with E-state index in [4.69, 9.17) is 0 Å². The molecule has 0 bridgehead atoms. The van der Waals surface area contributed by atoms with Crippen LogP contribution in [0, 0.1) is 5.92 Å². The average molecular weight is 326 g/mol. The fraction of sp³-hybridized carbons (Fsp3) is 0.600. The highest BCUT2D eigenvalue weighted by Gasteiger charge is 2.29. The molecule has 18 heavy (non-hydrogen) atoms. The number of nitrogens with one attached hydrogen (secondary N) is 1. The van der Waals surface area contributed by atoms with Gasteiger partial charge in [-0.1, -0.05) is 0 Å². The molecule has 0 atom stereocenters. The SMILES string of the molecule is O=c1c(Br)c(NCC2CC2)cnn1CC(F)(F)F. The minimum Gasteiger partial charge on any atom is -0.382 e. The molecule has 100 valence electrons. The van der Waals surface area contributed by atoms with Crippen LogP contribution in [0.25, 0.3) is 0 Å². The third-order valence-electron chi connectivity index (χ3n) is 2.59. The van der Waals surface area contributed by atoms with Gasteiger partial charge in [-0.25, -0.2) is 4.68 Å². The van der Waals surface area contributed by atoms with Gasteiger partial charge in [-0.15, -0.1) is 0 Å². The molecule has 1 heterocycles. The molecular weight excluding hydrogens is 315 g/mol. The van der Waals surface area contributed by atoms with Gasteiger partial charge in [-0.2, -0.15) is 18.3 Å². The molecule has 0 aromatic carbocycles. The van der Waals surface area contributed by atoms with Crippen molar-refractivity contribution in [3.05, 3.63) is 21.0 Å². The second-order valence-corrected chi connectivity index (χ2v) is 5.07. The maximum absolute atomic E-state index is 12.2. The standard InChI is InChI=1S/C10H11BrF3N3O/c11-8-7(15-3-6-1-2-6)4-16-17(9(8)18)5-10(12,13)14/h4,6,15H,1-3,5H2. The largest absolute Gasteiger partial charge is 0.408 e. The van der Waals surface area contributed by atoms with Gasteiger partial charge >= 0.3 is 6.18 Å². The Balaban J connectivity index is 2.15. The van der Waals surface area contributed by atoms with E-state index in [0.717, 1.165) is 12.8 Å². The topological polar surface area (TPSA) is 46.9 Å². The van der Waals surface area contributed by atoms with E-state index in [0.29, 0.717) is 22.8 Å². The molecule has 8 heteroatoms. The van der Waals surface area contributed by atoms with Crippen LogP contribution in [0.5, 0.6) is 0 Å². The van der Waals surface area contributed by atoms with Crippen LogP contribution in [-0.4, -0.2) is 22.5 Å². The van der Waals surface area contributed by atoms with E-state index in [1.54, 1.807) is 0 Å². The van der Waals surface area contributed by atoms with Crippen LogP contribution in [0.1, 0.15) is 12.8 Å². The molecule has 0 unspecified atom stereocenters. The van der Waals surface area contributed by atoms with Crippen LogP contribution in [0.15, 0.2) is 15.5 Å². The van der Waals surface area contributed by atoms with Crippen molar-refractivity contribution in [1.29, 1.82) is 0 Å². The second kappa shape index (κ2) is 4.91. The molecule has 1 aliphatic carbocycles. The quantitative estimate of drug-likeness (QED) is 0.924. The summed E-state index contributed by atoms with van der Waals surface area (Å²) in [6, 6.07) is 0. The Kier molecular flexibility index (Phi) is 3.65. The lowest BCUT2D eigenvalue weighted by Crippen LogP contribution is -2.31. The van der Waals surface area contributed by atoms with E-state index in [2.05, 4.69) is 26.3 Å². The zero-order valence-corrected chi connectivity index (χ0v) is 10.9. The Bertz CT molecular complexity index is 496. The third kappa shape index (κ3) is 3.47. The lowest BCUT2D eigenvalue weighted by Gasteiger charge is -2.11. The lowest BCUT2D eigenvalue weighted by molar-refractivity contribution is -0.143. The van der Waals surface area contributed by atoms with Gasteiger partial charge in [0.05, 0.1) is 11.9 Å².